The Morgan fingerprint density at radius 3 is 0.688 bits per heavy atom. The average molecular weight is 452 g/mol. The van der Waals surface area contributed by atoms with Gasteiger partial charge in [-0.05, 0) is 0 Å². The first-order chi connectivity index (χ1) is 15.2. The third-order valence-electron chi connectivity index (χ3n) is 4.45. The molecule has 12 nitrogen and oxygen atoms in total. The molecule has 0 spiro atoms. The summed E-state index contributed by atoms with van der Waals surface area (Å²) in [7, 11) is 0. The van der Waals surface area contributed by atoms with E-state index >= 15 is 0 Å². The van der Waals surface area contributed by atoms with Crippen molar-refractivity contribution in [2.24, 2.45) is 0 Å². The molecule has 1 heterocycles. The van der Waals surface area contributed by atoms with Crippen LogP contribution in [0.1, 0.15) is 51.4 Å². The van der Waals surface area contributed by atoms with Gasteiger partial charge in [0.25, 0.3) is 0 Å². The number of rotatable bonds is 0. The maximum atomic E-state index is 11.8. The first kappa shape index (κ1) is 26.6. The third-order valence-corrected chi connectivity index (χ3v) is 4.45. The van der Waals surface area contributed by atoms with E-state index in [-0.39, 0.29) is 101 Å². The number of carbonyl (C=O) groups is 8. The quantitative estimate of drug-likeness (QED) is 0.321. The molecule has 4 amide bonds. The topological polar surface area (TPSA) is 185 Å². The van der Waals surface area contributed by atoms with Gasteiger partial charge in [0, 0.05) is 51.4 Å². The Morgan fingerprint density at radius 1 is 0.312 bits per heavy atom. The van der Waals surface area contributed by atoms with Crippen LogP contribution in [-0.2, 0) is 38.4 Å². The van der Waals surface area contributed by atoms with E-state index in [4.69, 9.17) is 0 Å². The second kappa shape index (κ2) is 14.5. The fraction of sp³-hybridized carbons (Fsp3) is 0.600. The molecule has 1 aliphatic rings. The van der Waals surface area contributed by atoms with Gasteiger partial charge in [-0.3, -0.25) is 38.4 Å². The SMILES string of the molecule is O=C1CCC(=O)NCC(=O)CCC(=O)NCC(=O)CCC(=O)NCC(=O)CCC(=O)NC1. The van der Waals surface area contributed by atoms with Gasteiger partial charge in [0.2, 0.25) is 23.6 Å². The summed E-state index contributed by atoms with van der Waals surface area (Å²) in [6.07, 6.45) is -1.20. The molecule has 0 unspecified atom stereocenters. The lowest BCUT2D eigenvalue weighted by Gasteiger charge is -2.08. The number of amides is 4. The molecule has 0 aromatic rings. The molecule has 0 saturated carbocycles. The van der Waals surface area contributed by atoms with Crippen molar-refractivity contribution in [3.8, 4) is 0 Å². The Kier molecular flexibility index (Phi) is 12.1. The summed E-state index contributed by atoms with van der Waals surface area (Å²) in [6.45, 7) is -1.17. The molecule has 0 aromatic heterocycles. The van der Waals surface area contributed by atoms with Crippen molar-refractivity contribution in [1.29, 1.82) is 0 Å². The second-order valence-corrected chi connectivity index (χ2v) is 7.26. The minimum atomic E-state index is -0.518. The number of carbonyl (C=O) groups excluding carboxylic acids is 8. The van der Waals surface area contributed by atoms with Crippen LogP contribution in [0.25, 0.3) is 0 Å². The molecule has 1 aliphatic heterocycles. The Hall–Kier alpha value is -3.44. The second-order valence-electron chi connectivity index (χ2n) is 7.26. The molecule has 0 aliphatic carbocycles. The van der Waals surface area contributed by atoms with Crippen LogP contribution in [0, 0.1) is 0 Å². The summed E-state index contributed by atoms with van der Waals surface area (Å²) >= 11 is 0. The van der Waals surface area contributed by atoms with E-state index in [0.717, 1.165) is 0 Å². The summed E-state index contributed by atoms with van der Waals surface area (Å²) in [6, 6.07) is 0. The monoisotopic (exact) mass is 452 g/mol. The van der Waals surface area contributed by atoms with Crippen molar-refractivity contribution in [3.05, 3.63) is 0 Å². The van der Waals surface area contributed by atoms with Crippen LogP contribution in [0.15, 0.2) is 0 Å². The molecule has 1 fully saturated rings. The molecule has 0 atom stereocenters. The highest BCUT2D eigenvalue weighted by Crippen LogP contribution is 1.97. The zero-order chi connectivity index (χ0) is 23.9. The van der Waals surface area contributed by atoms with Crippen LogP contribution < -0.4 is 21.3 Å². The molecule has 1 rings (SSSR count). The minimum absolute atomic E-state index is 0.137. The summed E-state index contributed by atoms with van der Waals surface area (Å²) in [5, 5.41) is 9.42. The van der Waals surface area contributed by atoms with Crippen LogP contribution in [0.2, 0.25) is 0 Å². The zero-order valence-electron chi connectivity index (χ0n) is 17.8. The van der Waals surface area contributed by atoms with E-state index in [1.54, 1.807) is 0 Å². The molecule has 0 aromatic carbocycles. The van der Waals surface area contributed by atoms with E-state index in [2.05, 4.69) is 21.3 Å². The fourth-order valence-corrected chi connectivity index (χ4v) is 2.51. The van der Waals surface area contributed by atoms with Crippen molar-refractivity contribution in [2.75, 3.05) is 26.2 Å². The molecule has 12 heteroatoms. The molecule has 1 saturated heterocycles. The van der Waals surface area contributed by atoms with Crippen LogP contribution >= 0.6 is 0 Å². The number of nitrogens with one attached hydrogen (secondary N) is 4. The van der Waals surface area contributed by atoms with Gasteiger partial charge in [0.15, 0.2) is 23.1 Å². The standard InChI is InChI=1S/C20H28N4O8/c25-13-1-5-17(29)22-10-14(26)3-7-19(31)24-12-16(28)4-8-20(32)23-11-15(27)2-6-18(30)21-9-13/h1-12H2,(H,21,30)(H,22,29)(H,23,32)(H,24,31). The van der Waals surface area contributed by atoms with Gasteiger partial charge in [-0.1, -0.05) is 0 Å². The van der Waals surface area contributed by atoms with Crippen molar-refractivity contribution in [1.82, 2.24) is 21.3 Å². The molecule has 4 N–H and O–H groups in total. The summed E-state index contributed by atoms with van der Waals surface area (Å²) in [5.74, 6) is -3.63. The highest BCUT2D eigenvalue weighted by molar-refractivity contribution is 5.94. The summed E-state index contributed by atoms with van der Waals surface area (Å²) in [5.41, 5.74) is 0. The maximum Gasteiger partial charge on any atom is 0.220 e. The largest absolute Gasteiger partial charge is 0.349 e. The van der Waals surface area contributed by atoms with Crippen molar-refractivity contribution in [2.45, 2.75) is 51.4 Å². The third kappa shape index (κ3) is 13.0. The van der Waals surface area contributed by atoms with Gasteiger partial charge in [0.05, 0.1) is 26.2 Å². The van der Waals surface area contributed by atoms with E-state index in [1.807, 2.05) is 0 Å². The highest BCUT2D eigenvalue weighted by atomic mass is 16.2. The van der Waals surface area contributed by atoms with Crippen LogP contribution in [0.4, 0.5) is 0 Å². The maximum absolute atomic E-state index is 11.8. The van der Waals surface area contributed by atoms with E-state index in [1.165, 1.54) is 0 Å². The minimum Gasteiger partial charge on any atom is -0.349 e. The van der Waals surface area contributed by atoms with Crippen molar-refractivity contribution in [3.63, 3.8) is 0 Å². The van der Waals surface area contributed by atoms with Gasteiger partial charge in [-0.15, -0.1) is 0 Å². The van der Waals surface area contributed by atoms with Crippen LogP contribution in [-0.4, -0.2) is 72.9 Å². The Labute approximate surface area is 184 Å². The fourth-order valence-electron chi connectivity index (χ4n) is 2.51. The van der Waals surface area contributed by atoms with Gasteiger partial charge in [-0.2, -0.15) is 0 Å². The lowest BCUT2D eigenvalue weighted by Crippen LogP contribution is -2.34. The first-order valence-corrected chi connectivity index (χ1v) is 10.3. The normalized spacial score (nSPS) is 20.5. The van der Waals surface area contributed by atoms with E-state index < -0.39 is 23.6 Å². The van der Waals surface area contributed by atoms with E-state index in [9.17, 15) is 38.4 Å². The van der Waals surface area contributed by atoms with Crippen molar-refractivity contribution < 1.29 is 38.4 Å². The summed E-state index contributed by atoms with van der Waals surface area (Å²) in [4.78, 5) is 93.9. The molecular formula is C20H28N4O8. The molecule has 0 bridgehead atoms. The van der Waals surface area contributed by atoms with E-state index in [0.29, 0.717) is 0 Å². The van der Waals surface area contributed by atoms with Gasteiger partial charge >= 0.3 is 0 Å². The van der Waals surface area contributed by atoms with Gasteiger partial charge in [0.1, 0.15) is 0 Å². The van der Waals surface area contributed by atoms with Crippen molar-refractivity contribution >= 4 is 46.8 Å². The molecule has 32 heavy (non-hydrogen) atoms. The Morgan fingerprint density at radius 2 is 0.500 bits per heavy atom. The highest BCUT2D eigenvalue weighted by Gasteiger charge is 2.14. The Bertz CT molecular complexity index is 538. The lowest BCUT2D eigenvalue weighted by molar-refractivity contribution is -0.129. The number of Topliss-reactive ketones (excluding diaryl/α,β-unsaturated/α-hetero) is 4. The zero-order valence-corrected chi connectivity index (χ0v) is 17.8. The predicted molar refractivity (Wildman–Crippen MR) is 109 cm³/mol. The predicted octanol–water partition coefficient (Wildman–Crippen LogP) is -2.14. The summed E-state index contributed by atoms with van der Waals surface area (Å²) < 4.78 is 0. The number of ketones is 4. The number of hydrogen-bond acceptors (Lipinski definition) is 8. The molecule has 176 valence electrons. The number of hydrogen-bond donors (Lipinski definition) is 4. The smallest absolute Gasteiger partial charge is 0.220 e. The lowest BCUT2D eigenvalue weighted by atomic mass is 10.1. The Balaban J connectivity index is 2.59. The first-order valence-electron chi connectivity index (χ1n) is 10.3. The van der Waals surface area contributed by atoms with Crippen LogP contribution in [0.3, 0.4) is 0 Å². The van der Waals surface area contributed by atoms with Gasteiger partial charge < -0.3 is 21.3 Å². The van der Waals surface area contributed by atoms with Gasteiger partial charge in [-0.25, -0.2) is 0 Å². The molecular weight excluding hydrogens is 424 g/mol. The molecule has 0 radical (unpaired) electrons. The average Bonchev–Trinajstić information content (AvgIpc) is 2.77. The van der Waals surface area contributed by atoms with Crippen LogP contribution in [0.5, 0.6) is 0 Å².